The van der Waals surface area contributed by atoms with Crippen molar-refractivity contribution in [2.24, 2.45) is 0 Å². The van der Waals surface area contributed by atoms with E-state index >= 15 is 0 Å². The first-order chi connectivity index (χ1) is 13.0. The number of para-hydroxylation sites is 1. The third kappa shape index (κ3) is 4.00. The molecule has 136 valence electrons. The Morgan fingerprint density at radius 1 is 1.26 bits per heavy atom. The fourth-order valence-electron chi connectivity index (χ4n) is 2.73. The summed E-state index contributed by atoms with van der Waals surface area (Å²) in [7, 11) is 0. The summed E-state index contributed by atoms with van der Waals surface area (Å²) in [6.45, 7) is -0.353. The van der Waals surface area contributed by atoms with Gasteiger partial charge in [-0.15, -0.1) is 11.8 Å². The van der Waals surface area contributed by atoms with Crippen LogP contribution in [0.25, 0.3) is 0 Å². The number of hydrogen-bond acceptors (Lipinski definition) is 6. The van der Waals surface area contributed by atoms with E-state index in [1.165, 1.54) is 16.7 Å². The topological polar surface area (TPSA) is 102 Å². The van der Waals surface area contributed by atoms with E-state index in [9.17, 15) is 19.6 Å². The highest BCUT2D eigenvalue weighted by molar-refractivity contribution is 8.01. The molecule has 0 saturated carbocycles. The molecule has 27 heavy (non-hydrogen) atoms. The Morgan fingerprint density at radius 3 is 2.63 bits per heavy atom. The Labute approximate surface area is 159 Å². The number of ketones is 1. The monoisotopic (exact) mass is 381 g/mol. The number of carbonyl (C=O) groups excluding carboxylic acids is 3. The van der Waals surface area contributed by atoms with Crippen LogP contribution in [-0.4, -0.2) is 46.7 Å². The van der Waals surface area contributed by atoms with Gasteiger partial charge in [0.1, 0.15) is 5.25 Å². The number of Topliss-reactive ketones (excluding diaryl/α,β-unsaturated/α-hetero) is 1. The summed E-state index contributed by atoms with van der Waals surface area (Å²) in [6, 6.07) is 15.3. The quantitative estimate of drug-likeness (QED) is 0.356. The Morgan fingerprint density at radius 2 is 1.96 bits per heavy atom. The largest absolute Gasteiger partial charge is 0.302 e. The van der Waals surface area contributed by atoms with E-state index in [1.807, 2.05) is 18.2 Å². The zero-order valence-electron chi connectivity index (χ0n) is 14.1. The van der Waals surface area contributed by atoms with E-state index in [2.05, 4.69) is 0 Å². The van der Waals surface area contributed by atoms with E-state index in [1.54, 1.807) is 36.4 Å². The van der Waals surface area contributed by atoms with Gasteiger partial charge < -0.3 is 4.90 Å². The van der Waals surface area contributed by atoms with Crippen molar-refractivity contribution in [1.82, 2.24) is 5.06 Å². The number of carbonyl (C=O) groups is 3. The molecule has 1 unspecified atom stereocenters. The van der Waals surface area contributed by atoms with E-state index in [-0.39, 0.29) is 31.2 Å². The lowest BCUT2D eigenvalue weighted by Crippen LogP contribution is -2.47. The average molecular weight is 381 g/mol. The Balaban J connectivity index is 1.87. The van der Waals surface area contributed by atoms with Crippen molar-refractivity contribution < 1.29 is 19.6 Å². The minimum atomic E-state index is -0.719. The van der Waals surface area contributed by atoms with E-state index in [0.29, 0.717) is 21.9 Å². The molecular weight excluding hydrogens is 366 g/mol. The normalized spacial score (nSPS) is 15.6. The van der Waals surface area contributed by atoms with Crippen LogP contribution in [0, 0.1) is 11.3 Å². The molecule has 0 aliphatic carbocycles. The second-order valence-corrected chi connectivity index (χ2v) is 7.08. The molecule has 0 aromatic heterocycles. The molecule has 7 nitrogen and oxygen atoms in total. The average Bonchev–Trinajstić information content (AvgIpc) is 2.70. The molecule has 0 bridgehead atoms. The van der Waals surface area contributed by atoms with Crippen LogP contribution in [0.15, 0.2) is 53.4 Å². The van der Waals surface area contributed by atoms with Gasteiger partial charge in [-0.3, -0.25) is 19.6 Å². The smallest absolute Gasteiger partial charge is 0.242 e. The van der Waals surface area contributed by atoms with Crippen molar-refractivity contribution in [3.63, 3.8) is 0 Å². The predicted molar refractivity (Wildman–Crippen MR) is 98.5 cm³/mol. The number of hydroxylamine groups is 2. The fourth-order valence-corrected chi connectivity index (χ4v) is 3.95. The number of nitriles is 1. The van der Waals surface area contributed by atoms with E-state index in [4.69, 9.17) is 5.26 Å². The fraction of sp³-hybridized carbons (Fsp3) is 0.158. The first-order valence-electron chi connectivity index (χ1n) is 8.04. The molecule has 3 rings (SSSR count). The van der Waals surface area contributed by atoms with Gasteiger partial charge in [-0.25, -0.2) is 5.06 Å². The molecule has 1 aliphatic heterocycles. The summed E-state index contributed by atoms with van der Waals surface area (Å²) in [5.74, 6) is -0.633. The molecule has 2 aromatic carbocycles. The van der Waals surface area contributed by atoms with Crippen LogP contribution in [0.4, 0.5) is 5.69 Å². The highest BCUT2D eigenvalue weighted by Crippen LogP contribution is 2.39. The number of benzene rings is 2. The van der Waals surface area contributed by atoms with Gasteiger partial charge in [-0.2, -0.15) is 5.26 Å². The molecule has 2 amide bonds. The standard InChI is InChI=1S/C19H15N3O4S/c20-9-13-5-7-14(8-6-13)16(24)10-22-15-3-1-2-4-17(15)27-18(19(22)25)11-21(26)12-23/h1-8,12,18,26H,10-11H2. The number of thioether (sulfide) groups is 1. The number of anilines is 1. The molecular formula is C19H15N3O4S. The van der Waals surface area contributed by atoms with E-state index in [0.717, 1.165) is 4.90 Å². The van der Waals surface area contributed by atoms with Gasteiger partial charge in [0.2, 0.25) is 12.3 Å². The summed E-state index contributed by atoms with van der Waals surface area (Å²) in [5, 5.41) is 18.0. The molecule has 0 spiro atoms. The van der Waals surface area contributed by atoms with Gasteiger partial charge in [-0.1, -0.05) is 24.3 Å². The summed E-state index contributed by atoms with van der Waals surface area (Å²) < 4.78 is 0. The van der Waals surface area contributed by atoms with Crippen molar-refractivity contribution in [3.8, 4) is 6.07 Å². The third-order valence-corrected chi connectivity index (χ3v) is 5.31. The van der Waals surface area contributed by atoms with Gasteiger partial charge in [-0.05, 0) is 24.3 Å². The number of fused-ring (bicyclic) bond motifs is 1. The second-order valence-electron chi connectivity index (χ2n) is 5.84. The maximum Gasteiger partial charge on any atom is 0.242 e. The van der Waals surface area contributed by atoms with Crippen molar-refractivity contribution in [1.29, 1.82) is 5.26 Å². The van der Waals surface area contributed by atoms with Crippen molar-refractivity contribution in [2.45, 2.75) is 10.1 Å². The van der Waals surface area contributed by atoms with E-state index < -0.39 is 5.25 Å². The number of amides is 2. The van der Waals surface area contributed by atoms with Crippen LogP contribution in [0.5, 0.6) is 0 Å². The van der Waals surface area contributed by atoms with Crippen LogP contribution in [0.2, 0.25) is 0 Å². The molecule has 0 radical (unpaired) electrons. The maximum absolute atomic E-state index is 12.9. The summed E-state index contributed by atoms with van der Waals surface area (Å²) in [6.07, 6.45) is 0.237. The highest BCUT2D eigenvalue weighted by Gasteiger charge is 2.35. The second kappa shape index (κ2) is 8.03. The molecule has 0 saturated heterocycles. The minimum absolute atomic E-state index is 0.175. The third-order valence-electron chi connectivity index (χ3n) is 4.08. The van der Waals surface area contributed by atoms with Gasteiger partial charge in [0.15, 0.2) is 5.78 Å². The highest BCUT2D eigenvalue weighted by atomic mass is 32.2. The molecule has 1 atom stereocenters. The predicted octanol–water partition coefficient (Wildman–Crippen LogP) is 2.10. The number of nitrogens with zero attached hydrogens (tertiary/aromatic N) is 3. The lowest BCUT2D eigenvalue weighted by atomic mass is 10.1. The molecule has 1 N–H and O–H groups in total. The first-order valence-corrected chi connectivity index (χ1v) is 8.92. The first kappa shape index (κ1) is 18.6. The van der Waals surface area contributed by atoms with Crippen LogP contribution >= 0.6 is 11.8 Å². The van der Waals surface area contributed by atoms with Gasteiger partial charge >= 0.3 is 0 Å². The summed E-state index contributed by atoms with van der Waals surface area (Å²) in [5.41, 5.74) is 1.45. The molecule has 1 heterocycles. The summed E-state index contributed by atoms with van der Waals surface area (Å²) in [4.78, 5) is 38.4. The molecule has 1 aliphatic rings. The van der Waals surface area contributed by atoms with Crippen LogP contribution in [0.3, 0.4) is 0 Å². The lowest BCUT2D eigenvalue weighted by Gasteiger charge is -2.33. The lowest BCUT2D eigenvalue weighted by molar-refractivity contribution is -0.150. The maximum atomic E-state index is 12.9. The molecule has 0 fully saturated rings. The van der Waals surface area contributed by atoms with Crippen LogP contribution in [-0.2, 0) is 9.59 Å². The Hall–Kier alpha value is -3.15. The Bertz CT molecular complexity index is 923. The molecule has 8 heteroatoms. The summed E-state index contributed by atoms with van der Waals surface area (Å²) >= 11 is 1.24. The zero-order chi connectivity index (χ0) is 19.4. The van der Waals surface area contributed by atoms with Crippen molar-refractivity contribution in [2.75, 3.05) is 18.0 Å². The minimum Gasteiger partial charge on any atom is -0.302 e. The van der Waals surface area contributed by atoms with Gasteiger partial charge in [0.25, 0.3) is 0 Å². The number of rotatable bonds is 6. The molecule has 2 aromatic rings. The number of hydrogen-bond donors (Lipinski definition) is 1. The Kier molecular flexibility index (Phi) is 5.54. The van der Waals surface area contributed by atoms with Gasteiger partial charge in [0.05, 0.1) is 30.4 Å². The van der Waals surface area contributed by atoms with Gasteiger partial charge in [0, 0.05) is 10.5 Å². The van der Waals surface area contributed by atoms with Crippen LogP contribution in [0.1, 0.15) is 15.9 Å². The van der Waals surface area contributed by atoms with Crippen molar-refractivity contribution in [3.05, 3.63) is 59.7 Å². The van der Waals surface area contributed by atoms with Crippen LogP contribution < -0.4 is 4.90 Å². The van der Waals surface area contributed by atoms with Crippen molar-refractivity contribution >= 4 is 35.5 Å². The SMILES string of the molecule is N#Cc1ccc(C(=O)CN2C(=O)C(CN(O)C=O)Sc3ccccc32)cc1. The zero-order valence-corrected chi connectivity index (χ0v) is 14.9.